The van der Waals surface area contributed by atoms with Crippen LogP contribution in [-0.4, -0.2) is 11.1 Å². The molecule has 72 valence electrons. The summed E-state index contributed by atoms with van der Waals surface area (Å²) in [6.45, 7) is 3.95. The van der Waals surface area contributed by atoms with E-state index in [4.69, 9.17) is 10.8 Å². The first-order chi connectivity index (χ1) is 6.00. The zero-order valence-electron chi connectivity index (χ0n) is 7.70. The van der Waals surface area contributed by atoms with E-state index in [-0.39, 0.29) is 12.5 Å². The number of aryl methyl sites for hydroxylation is 2. The van der Waals surface area contributed by atoms with Gasteiger partial charge in [-0.3, -0.25) is 4.79 Å². The molecule has 0 unspecified atom stereocenters. The fourth-order valence-electron chi connectivity index (χ4n) is 1.31. The summed E-state index contributed by atoms with van der Waals surface area (Å²) in [7, 11) is 0. The lowest BCUT2D eigenvalue weighted by molar-refractivity contribution is -0.137. The summed E-state index contributed by atoms with van der Waals surface area (Å²) in [4.78, 5) is 12.6. The van der Waals surface area contributed by atoms with Crippen molar-refractivity contribution in [2.75, 3.05) is 0 Å². The third-order valence-electron chi connectivity index (χ3n) is 1.81. The molecule has 3 N–H and O–H groups in total. The maximum absolute atomic E-state index is 10.4. The molecule has 0 aliphatic heterocycles. The molecule has 0 radical (unpaired) electrons. The quantitative estimate of drug-likeness (QED) is 0.780. The van der Waals surface area contributed by atoms with Gasteiger partial charge < -0.3 is 10.8 Å². The molecule has 1 rings (SSSR count). The maximum atomic E-state index is 10.4. The number of carbonyl (C=O) groups is 1. The molecule has 0 aliphatic carbocycles. The highest BCUT2D eigenvalue weighted by molar-refractivity contribution is 7.12. The molecule has 13 heavy (non-hydrogen) atoms. The number of carboxylic acid groups (broad SMARTS) is 1. The Labute approximate surface area is 81.2 Å². The highest BCUT2D eigenvalue weighted by atomic mass is 32.1. The summed E-state index contributed by atoms with van der Waals surface area (Å²) >= 11 is 1.58. The van der Waals surface area contributed by atoms with E-state index in [2.05, 4.69) is 0 Å². The van der Waals surface area contributed by atoms with Crippen LogP contribution in [0.1, 0.15) is 27.8 Å². The molecule has 0 aromatic carbocycles. The smallest absolute Gasteiger partial charge is 0.305 e. The van der Waals surface area contributed by atoms with Crippen LogP contribution >= 0.6 is 11.3 Å². The van der Waals surface area contributed by atoms with Crippen molar-refractivity contribution in [1.82, 2.24) is 0 Å². The van der Waals surface area contributed by atoms with Crippen LogP contribution in [0.2, 0.25) is 0 Å². The van der Waals surface area contributed by atoms with Crippen LogP contribution in [0, 0.1) is 13.8 Å². The largest absolute Gasteiger partial charge is 0.481 e. The molecule has 0 bridgehead atoms. The number of hydrogen-bond donors (Lipinski definition) is 2. The Kier molecular flexibility index (Phi) is 3.06. The normalized spacial score (nSPS) is 12.8. The van der Waals surface area contributed by atoms with Gasteiger partial charge in [-0.2, -0.15) is 0 Å². The van der Waals surface area contributed by atoms with E-state index in [1.165, 1.54) is 4.88 Å². The van der Waals surface area contributed by atoms with Gasteiger partial charge in [-0.15, -0.1) is 11.3 Å². The van der Waals surface area contributed by atoms with Crippen LogP contribution < -0.4 is 5.73 Å². The van der Waals surface area contributed by atoms with Crippen LogP contribution in [0.25, 0.3) is 0 Å². The number of aliphatic carboxylic acids is 1. The highest BCUT2D eigenvalue weighted by Crippen LogP contribution is 2.27. The second-order valence-electron chi connectivity index (χ2n) is 3.11. The average Bonchev–Trinajstić information content (AvgIpc) is 2.28. The second kappa shape index (κ2) is 3.89. The number of carboxylic acids is 1. The molecule has 1 heterocycles. The predicted octanol–water partition coefficient (Wildman–Crippen LogP) is 1.84. The van der Waals surface area contributed by atoms with E-state index in [9.17, 15) is 4.79 Å². The van der Waals surface area contributed by atoms with Crippen molar-refractivity contribution in [3.63, 3.8) is 0 Å². The zero-order valence-corrected chi connectivity index (χ0v) is 8.52. The topological polar surface area (TPSA) is 63.3 Å². The van der Waals surface area contributed by atoms with Gasteiger partial charge in [-0.25, -0.2) is 0 Å². The molecule has 3 nitrogen and oxygen atoms in total. The summed E-state index contributed by atoms with van der Waals surface area (Å²) in [5.74, 6) is -0.849. The summed E-state index contributed by atoms with van der Waals surface area (Å²) in [6, 6.07) is 1.66. The molecule has 0 spiro atoms. The van der Waals surface area contributed by atoms with Gasteiger partial charge >= 0.3 is 5.97 Å². The Morgan fingerprint density at radius 1 is 1.69 bits per heavy atom. The SMILES string of the molecule is Cc1cc(C)c([C@H](N)CC(=O)O)s1. The Hall–Kier alpha value is -0.870. The maximum Gasteiger partial charge on any atom is 0.305 e. The Morgan fingerprint density at radius 3 is 2.69 bits per heavy atom. The first kappa shape index (κ1) is 10.2. The van der Waals surface area contributed by atoms with Crippen LogP contribution in [0.4, 0.5) is 0 Å². The first-order valence-corrected chi connectivity index (χ1v) is 4.86. The summed E-state index contributed by atoms with van der Waals surface area (Å²) in [5.41, 5.74) is 6.83. The molecule has 0 saturated heterocycles. The number of nitrogens with two attached hydrogens (primary N) is 1. The van der Waals surface area contributed by atoms with E-state index in [0.717, 1.165) is 10.4 Å². The summed E-state index contributed by atoms with van der Waals surface area (Å²) in [6.07, 6.45) is 0.000787. The van der Waals surface area contributed by atoms with Gasteiger partial charge in [-0.05, 0) is 25.5 Å². The number of hydrogen-bond acceptors (Lipinski definition) is 3. The fourth-order valence-corrected chi connectivity index (χ4v) is 2.35. The third-order valence-corrected chi connectivity index (χ3v) is 3.10. The molecule has 0 fully saturated rings. The minimum atomic E-state index is -0.849. The van der Waals surface area contributed by atoms with Gasteiger partial charge in [0.1, 0.15) is 0 Å². The van der Waals surface area contributed by atoms with Crippen molar-refractivity contribution in [1.29, 1.82) is 0 Å². The van der Waals surface area contributed by atoms with Crippen molar-refractivity contribution in [3.05, 3.63) is 21.4 Å². The second-order valence-corrected chi connectivity index (χ2v) is 4.40. The molecular formula is C9H13NO2S. The number of rotatable bonds is 3. The van der Waals surface area contributed by atoms with Crippen LogP contribution in [0.5, 0.6) is 0 Å². The van der Waals surface area contributed by atoms with Crippen LogP contribution in [-0.2, 0) is 4.79 Å². The monoisotopic (exact) mass is 199 g/mol. The fraction of sp³-hybridized carbons (Fsp3) is 0.444. The predicted molar refractivity (Wildman–Crippen MR) is 53.0 cm³/mol. The average molecular weight is 199 g/mol. The molecule has 1 atom stereocenters. The van der Waals surface area contributed by atoms with Gasteiger partial charge in [-0.1, -0.05) is 0 Å². The Morgan fingerprint density at radius 2 is 2.31 bits per heavy atom. The zero-order chi connectivity index (χ0) is 10.0. The third kappa shape index (κ3) is 2.54. The van der Waals surface area contributed by atoms with Gasteiger partial charge in [0.2, 0.25) is 0 Å². The minimum Gasteiger partial charge on any atom is -0.481 e. The van der Waals surface area contributed by atoms with E-state index in [1.54, 1.807) is 11.3 Å². The standard InChI is InChI=1S/C9H13NO2S/c1-5-3-6(2)13-9(5)7(10)4-8(11)12/h3,7H,4,10H2,1-2H3,(H,11,12)/t7-/m1/s1. The molecule has 1 aromatic rings. The van der Waals surface area contributed by atoms with E-state index < -0.39 is 5.97 Å². The van der Waals surface area contributed by atoms with E-state index >= 15 is 0 Å². The molecule has 0 amide bonds. The van der Waals surface area contributed by atoms with Crippen LogP contribution in [0.15, 0.2) is 6.07 Å². The molecule has 4 heteroatoms. The van der Waals surface area contributed by atoms with Gasteiger partial charge in [0.05, 0.1) is 6.42 Å². The lowest BCUT2D eigenvalue weighted by atomic mass is 10.1. The van der Waals surface area contributed by atoms with Crippen LogP contribution in [0.3, 0.4) is 0 Å². The van der Waals surface area contributed by atoms with Gasteiger partial charge in [0.25, 0.3) is 0 Å². The molecule has 0 saturated carbocycles. The van der Waals surface area contributed by atoms with Gasteiger partial charge in [0, 0.05) is 15.8 Å². The van der Waals surface area contributed by atoms with Crippen molar-refractivity contribution < 1.29 is 9.90 Å². The first-order valence-electron chi connectivity index (χ1n) is 4.05. The van der Waals surface area contributed by atoms with E-state index in [0.29, 0.717) is 0 Å². The Bertz CT molecular complexity index is 319. The number of thiophene rings is 1. The highest BCUT2D eigenvalue weighted by Gasteiger charge is 2.14. The van der Waals surface area contributed by atoms with Crippen molar-refractivity contribution in [2.45, 2.75) is 26.3 Å². The summed E-state index contributed by atoms with van der Waals surface area (Å²) < 4.78 is 0. The minimum absolute atomic E-state index is 0.000787. The molecule has 0 aliphatic rings. The van der Waals surface area contributed by atoms with Gasteiger partial charge in [0.15, 0.2) is 0 Å². The van der Waals surface area contributed by atoms with Crippen molar-refractivity contribution in [2.24, 2.45) is 5.73 Å². The lowest BCUT2D eigenvalue weighted by Gasteiger charge is -2.06. The Balaban J connectivity index is 2.81. The van der Waals surface area contributed by atoms with E-state index in [1.807, 2.05) is 19.9 Å². The van der Waals surface area contributed by atoms with Crippen molar-refractivity contribution >= 4 is 17.3 Å². The van der Waals surface area contributed by atoms with Crippen molar-refractivity contribution in [3.8, 4) is 0 Å². The lowest BCUT2D eigenvalue weighted by Crippen LogP contribution is -2.14. The molecule has 1 aromatic heterocycles. The summed E-state index contributed by atoms with van der Waals surface area (Å²) in [5, 5.41) is 8.57. The molecular weight excluding hydrogens is 186 g/mol.